The molecule has 0 aliphatic carbocycles. The van der Waals surface area contributed by atoms with Gasteiger partial charge in [-0.2, -0.15) is 0 Å². The number of rotatable bonds is 7. The van der Waals surface area contributed by atoms with E-state index in [4.69, 9.17) is 4.74 Å². The second kappa shape index (κ2) is 7.81. The van der Waals surface area contributed by atoms with E-state index in [-0.39, 0.29) is 12.5 Å². The number of nitrogens with one attached hydrogen (secondary N) is 2. The molecular weight excluding hydrogens is 284 g/mol. The van der Waals surface area contributed by atoms with Crippen molar-refractivity contribution in [3.63, 3.8) is 0 Å². The third-order valence-electron chi connectivity index (χ3n) is 3.14. The number of hydrogen-bond donors (Lipinski definition) is 2. The number of carbonyl (C=O) groups excluding carboxylic acids is 1. The molecule has 112 valence electrons. The third-order valence-corrected chi connectivity index (χ3v) is 4.11. The van der Waals surface area contributed by atoms with E-state index in [0.29, 0.717) is 0 Å². The summed E-state index contributed by atoms with van der Waals surface area (Å²) in [5.74, 6) is 0.671. The highest BCUT2D eigenvalue weighted by Gasteiger charge is 2.05. The van der Waals surface area contributed by atoms with E-state index in [0.717, 1.165) is 24.4 Å². The summed E-state index contributed by atoms with van der Waals surface area (Å²) in [6.45, 7) is 3.16. The number of aryl methyl sites for hydroxylation is 1. The molecule has 2 rings (SSSR count). The molecule has 4 nitrogen and oxygen atoms in total. The Morgan fingerprint density at radius 3 is 2.95 bits per heavy atom. The molecule has 5 heteroatoms. The van der Waals surface area contributed by atoms with Crippen LogP contribution in [0.2, 0.25) is 0 Å². The first-order valence-electron chi connectivity index (χ1n) is 6.92. The van der Waals surface area contributed by atoms with Crippen LogP contribution in [0.15, 0.2) is 35.7 Å². The first-order chi connectivity index (χ1) is 10.2. The number of ether oxygens (including phenoxy) is 1. The maximum absolute atomic E-state index is 11.9. The van der Waals surface area contributed by atoms with E-state index in [2.05, 4.69) is 29.0 Å². The number of amides is 1. The van der Waals surface area contributed by atoms with Crippen molar-refractivity contribution in [3.8, 4) is 5.75 Å². The van der Waals surface area contributed by atoms with Crippen LogP contribution in [0.25, 0.3) is 0 Å². The molecule has 0 aliphatic heterocycles. The molecule has 1 aromatic carbocycles. The van der Waals surface area contributed by atoms with Gasteiger partial charge in [-0.15, -0.1) is 11.3 Å². The summed E-state index contributed by atoms with van der Waals surface area (Å²) in [7, 11) is 1.61. The fourth-order valence-corrected chi connectivity index (χ4v) is 2.98. The van der Waals surface area contributed by atoms with Crippen molar-refractivity contribution in [2.75, 3.05) is 19.0 Å². The fraction of sp³-hybridized carbons (Fsp3) is 0.312. The lowest BCUT2D eigenvalue weighted by Crippen LogP contribution is -2.27. The number of hydrogen-bond acceptors (Lipinski definition) is 4. The van der Waals surface area contributed by atoms with Crippen LogP contribution in [-0.2, 0) is 17.8 Å². The normalized spacial score (nSPS) is 10.4. The largest absolute Gasteiger partial charge is 0.497 e. The van der Waals surface area contributed by atoms with Crippen molar-refractivity contribution in [2.45, 2.75) is 19.9 Å². The number of carbonyl (C=O) groups is 1. The standard InChI is InChI=1S/C16H20N2O2S/c1-3-12-7-8-21-15(12)10-17-11-16(19)18-13-5-4-6-14(9-13)20-2/h4-9,17H,3,10-11H2,1-2H3,(H,18,19). The lowest BCUT2D eigenvalue weighted by Gasteiger charge is -2.08. The molecule has 1 heterocycles. The van der Waals surface area contributed by atoms with E-state index < -0.39 is 0 Å². The monoisotopic (exact) mass is 304 g/mol. The van der Waals surface area contributed by atoms with Crippen molar-refractivity contribution in [3.05, 3.63) is 46.2 Å². The zero-order chi connectivity index (χ0) is 15.1. The summed E-state index contributed by atoms with van der Waals surface area (Å²) in [5, 5.41) is 8.11. The summed E-state index contributed by atoms with van der Waals surface area (Å²) < 4.78 is 5.13. The van der Waals surface area contributed by atoms with Crippen molar-refractivity contribution < 1.29 is 9.53 Å². The predicted octanol–water partition coefficient (Wildman–Crippen LogP) is 3.05. The Hall–Kier alpha value is -1.85. The average molecular weight is 304 g/mol. The molecule has 0 aliphatic rings. The second-order valence-electron chi connectivity index (χ2n) is 4.61. The zero-order valence-corrected chi connectivity index (χ0v) is 13.1. The minimum Gasteiger partial charge on any atom is -0.497 e. The van der Waals surface area contributed by atoms with Gasteiger partial charge in [0.1, 0.15) is 5.75 Å². The minimum atomic E-state index is -0.0575. The summed E-state index contributed by atoms with van der Waals surface area (Å²) in [6.07, 6.45) is 1.02. The Morgan fingerprint density at radius 2 is 2.19 bits per heavy atom. The molecule has 0 fully saturated rings. The highest BCUT2D eigenvalue weighted by Crippen LogP contribution is 2.17. The molecular formula is C16H20N2O2S. The van der Waals surface area contributed by atoms with E-state index in [1.165, 1.54) is 10.4 Å². The Kier molecular flexibility index (Phi) is 5.78. The summed E-state index contributed by atoms with van der Waals surface area (Å²) in [4.78, 5) is 13.2. The quantitative estimate of drug-likeness (QED) is 0.826. The number of methoxy groups -OCH3 is 1. The van der Waals surface area contributed by atoms with E-state index in [9.17, 15) is 4.79 Å². The predicted molar refractivity (Wildman–Crippen MR) is 87.0 cm³/mol. The van der Waals surface area contributed by atoms with Gasteiger partial charge < -0.3 is 15.4 Å². The van der Waals surface area contributed by atoms with Crippen LogP contribution >= 0.6 is 11.3 Å². The Morgan fingerprint density at radius 1 is 1.33 bits per heavy atom. The molecule has 1 aromatic heterocycles. The zero-order valence-electron chi connectivity index (χ0n) is 12.3. The van der Waals surface area contributed by atoms with Crippen molar-refractivity contribution in [1.82, 2.24) is 5.32 Å². The van der Waals surface area contributed by atoms with Gasteiger partial charge >= 0.3 is 0 Å². The van der Waals surface area contributed by atoms with Crippen LogP contribution in [-0.4, -0.2) is 19.6 Å². The van der Waals surface area contributed by atoms with Gasteiger partial charge in [0.05, 0.1) is 13.7 Å². The van der Waals surface area contributed by atoms with E-state index in [1.807, 2.05) is 18.2 Å². The number of benzene rings is 1. The van der Waals surface area contributed by atoms with Gasteiger partial charge in [0.25, 0.3) is 0 Å². The first-order valence-corrected chi connectivity index (χ1v) is 7.80. The summed E-state index contributed by atoms with van der Waals surface area (Å²) >= 11 is 1.72. The van der Waals surface area contributed by atoms with E-state index >= 15 is 0 Å². The Labute approximate surface area is 129 Å². The van der Waals surface area contributed by atoms with Crippen molar-refractivity contribution >= 4 is 22.9 Å². The lowest BCUT2D eigenvalue weighted by molar-refractivity contribution is -0.115. The van der Waals surface area contributed by atoms with Crippen LogP contribution < -0.4 is 15.4 Å². The molecule has 0 saturated heterocycles. The highest BCUT2D eigenvalue weighted by atomic mass is 32.1. The molecule has 0 spiro atoms. The van der Waals surface area contributed by atoms with E-state index in [1.54, 1.807) is 24.5 Å². The maximum Gasteiger partial charge on any atom is 0.238 e. The van der Waals surface area contributed by atoms with Gasteiger partial charge in [-0.3, -0.25) is 4.79 Å². The van der Waals surface area contributed by atoms with Crippen LogP contribution in [0.3, 0.4) is 0 Å². The molecule has 0 unspecified atom stereocenters. The average Bonchev–Trinajstić information content (AvgIpc) is 2.95. The van der Waals surface area contributed by atoms with Gasteiger partial charge in [-0.1, -0.05) is 13.0 Å². The third kappa shape index (κ3) is 4.58. The minimum absolute atomic E-state index is 0.0575. The Bertz CT molecular complexity index is 595. The van der Waals surface area contributed by atoms with Crippen LogP contribution in [0, 0.1) is 0 Å². The molecule has 1 amide bonds. The molecule has 2 N–H and O–H groups in total. The molecule has 21 heavy (non-hydrogen) atoms. The molecule has 0 saturated carbocycles. The first kappa shape index (κ1) is 15.5. The maximum atomic E-state index is 11.9. The number of anilines is 1. The van der Waals surface area contributed by atoms with Gasteiger partial charge in [-0.25, -0.2) is 0 Å². The SMILES string of the molecule is CCc1ccsc1CNCC(=O)Nc1cccc(OC)c1. The second-order valence-corrected chi connectivity index (χ2v) is 5.61. The Balaban J connectivity index is 1.79. The molecule has 0 atom stereocenters. The lowest BCUT2D eigenvalue weighted by atomic mass is 10.2. The van der Waals surface area contributed by atoms with Gasteiger partial charge in [0.2, 0.25) is 5.91 Å². The van der Waals surface area contributed by atoms with Crippen LogP contribution in [0.1, 0.15) is 17.4 Å². The molecule has 0 radical (unpaired) electrons. The summed E-state index contributed by atoms with van der Waals surface area (Å²) in [5.41, 5.74) is 2.09. The highest BCUT2D eigenvalue weighted by molar-refractivity contribution is 7.10. The van der Waals surface area contributed by atoms with Gasteiger partial charge in [-0.05, 0) is 35.6 Å². The fourth-order valence-electron chi connectivity index (χ4n) is 2.03. The van der Waals surface area contributed by atoms with Crippen LogP contribution in [0.5, 0.6) is 5.75 Å². The molecule has 2 aromatic rings. The van der Waals surface area contributed by atoms with Gasteiger partial charge in [0, 0.05) is 23.2 Å². The smallest absolute Gasteiger partial charge is 0.238 e. The van der Waals surface area contributed by atoms with Crippen molar-refractivity contribution in [2.24, 2.45) is 0 Å². The van der Waals surface area contributed by atoms with Crippen molar-refractivity contribution in [1.29, 1.82) is 0 Å². The molecule has 0 bridgehead atoms. The summed E-state index contributed by atoms with van der Waals surface area (Å²) in [6, 6.07) is 9.47. The number of thiophene rings is 1. The topological polar surface area (TPSA) is 50.4 Å². The van der Waals surface area contributed by atoms with Crippen LogP contribution in [0.4, 0.5) is 5.69 Å². The van der Waals surface area contributed by atoms with Gasteiger partial charge in [0.15, 0.2) is 0 Å².